The first-order valence-corrected chi connectivity index (χ1v) is 15.8. The molecule has 222 valence electrons. The fourth-order valence-corrected chi connectivity index (χ4v) is 10.4. The van der Waals surface area contributed by atoms with Crippen LogP contribution in [0.3, 0.4) is 0 Å². The number of rotatable bonds is 10. The predicted molar refractivity (Wildman–Crippen MR) is 145 cm³/mol. The Morgan fingerprint density at radius 2 is 1.50 bits per heavy atom. The Morgan fingerprint density at radius 1 is 0.842 bits per heavy atom. The Morgan fingerprint density at radius 3 is 2.18 bits per heavy atom. The second-order valence-corrected chi connectivity index (χ2v) is 14.8. The maximum Gasteiger partial charge on any atom is 0.439 e. The number of halogens is 3. The molecule has 4 aliphatic carbocycles. The molecule has 0 heterocycles. The van der Waals surface area contributed by atoms with Gasteiger partial charge in [-0.3, -0.25) is 0 Å². The van der Waals surface area contributed by atoms with Gasteiger partial charge in [0.25, 0.3) is 6.29 Å². The summed E-state index contributed by atoms with van der Waals surface area (Å²) in [7, 11) is 0. The molecule has 0 bridgehead atoms. The van der Waals surface area contributed by atoms with Crippen molar-refractivity contribution in [1.29, 1.82) is 0 Å². The SMILES string of the molecule is CC(O)CC(C)CCCCC(C)C1CCC2C3CCC4CC(OC(O)C(F)(F)F)CCC4(C)C3CCC12C. The summed E-state index contributed by atoms with van der Waals surface area (Å²) >= 11 is 0. The Balaban J connectivity index is 1.32. The highest BCUT2D eigenvalue weighted by Crippen LogP contribution is 2.68. The molecular weight excluding hydrogens is 489 g/mol. The van der Waals surface area contributed by atoms with E-state index in [0.29, 0.717) is 36.0 Å². The van der Waals surface area contributed by atoms with E-state index < -0.39 is 18.6 Å². The van der Waals surface area contributed by atoms with Crippen LogP contribution in [0, 0.1) is 52.3 Å². The van der Waals surface area contributed by atoms with Crippen LogP contribution >= 0.6 is 0 Å². The zero-order chi connectivity index (χ0) is 27.9. The monoisotopic (exact) mass is 544 g/mol. The van der Waals surface area contributed by atoms with E-state index in [1.165, 1.54) is 57.8 Å². The number of hydrogen-bond acceptors (Lipinski definition) is 3. The number of alkyl halides is 3. The lowest BCUT2D eigenvalue weighted by Gasteiger charge is -2.61. The van der Waals surface area contributed by atoms with E-state index in [4.69, 9.17) is 4.74 Å². The minimum Gasteiger partial charge on any atom is -0.393 e. The van der Waals surface area contributed by atoms with E-state index >= 15 is 0 Å². The molecular formula is C32H55F3O3. The Labute approximate surface area is 229 Å². The minimum absolute atomic E-state index is 0.194. The van der Waals surface area contributed by atoms with Crippen LogP contribution < -0.4 is 0 Å². The van der Waals surface area contributed by atoms with Crippen molar-refractivity contribution in [1.82, 2.24) is 0 Å². The van der Waals surface area contributed by atoms with Gasteiger partial charge < -0.3 is 14.9 Å². The highest BCUT2D eigenvalue weighted by molar-refractivity contribution is 5.09. The molecule has 0 amide bonds. The van der Waals surface area contributed by atoms with Crippen LogP contribution in [-0.4, -0.2) is 34.9 Å². The summed E-state index contributed by atoms with van der Waals surface area (Å²) in [5.74, 6) is 4.79. The second kappa shape index (κ2) is 11.9. The van der Waals surface area contributed by atoms with Gasteiger partial charge in [0.1, 0.15) is 0 Å². The highest BCUT2D eigenvalue weighted by atomic mass is 19.4. The highest BCUT2D eigenvalue weighted by Gasteiger charge is 2.60. The number of unbranched alkanes of at least 4 members (excludes halogenated alkanes) is 1. The van der Waals surface area contributed by atoms with Crippen molar-refractivity contribution in [3.63, 3.8) is 0 Å². The topological polar surface area (TPSA) is 49.7 Å². The van der Waals surface area contributed by atoms with Gasteiger partial charge in [0.05, 0.1) is 12.2 Å². The molecule has 4 aliphatic rings. The molecule has 12 unspecified atom stereocenters. The summed E-state index contributed by atoms with van der Waals surface area (Å²) in [4.78, 5) is 0. The van der Waals surface area contributed by atoms with Crippen LogP contribution in [0.1, 0.15) is 125 Å². The number of ether oxygens (including phenoxy) is 1. The first kappa shape index (κ1) is 30.6. The van der Waals surface area contributed by atoms with Crippen LogP contribution in [0.4, 0.5) is 13.2 Å². The number of aliphatic hydroxyl groups is 2. The maximum absolute atomic E-state index is 12.9. The molecule has 4 fully saturated rings. The van der Waals surface area contributed by atoms with Gasteiger partial charge in [-0.2, -0.15) is 13.2 Å². The molecule has 4 rings (SSSR count). The predicted octanol–water partition coefficient (Wildman–Crippen LogP) is 8.51. The van der Waals surface area contributed by atoms with Gasteiger partial charge in [-0.05, 0) is 123 Å². The van der Waals surface area contributed by atoms with E-state index in [1.54, 1.807) is 0 Å². The molecule has 0 aliphatic heterocycles. The van der Waals surface area contributed by atoms with Crippen LogP contribution in [0.25, 0.3) is 0 Å². The van der Waals surface area contributed by atoms with Crippen LogP contribution in [0.2, 0.25) is 0 Å². The standard InChI is InChI=1S/C32H55F3O3/c1-20(18-22(3)36)8-6-7-9-21(2)26-12-13-27-25-11-10-23-19-24(38-29(37)32(33,34)35)14-16-30(23,4)28(25)15-17-31(26,27)5/h20-29,36-37H,6-19H2,1-5H3. The minimum atomic E-state index is -4.71. The van der Waals surface area contributed by atoms with E-state index in [2.05, 4.69) is 27.7 Å². The smallest absolute Gasteiger partial charge is 0.393 e. The van der Waals surface area contributed by atoms with Crippen molar-refractivity contribution in [2.24, 2.45) is 52.3 Å². The van der Waals surface area contributed by atoms with E-state index in [1.807, 2.05) is 6.92 Å². The molecule has 0 spiro atoms. The fourth-order valence-electron chi connectivity index (χ4n) is 10.4. The Bertz CT molecular complexity index is 772. The van der Waals surface area contributed by atoms with Crippen molar-refractivity contribution in [3.8, 4) is 0 Å². The van der Waals surface area contributed by atoms with Crippen molar-refractivity contribution >= 4 is 0 Å². The molecule has 3 nitrogen and oxygen atoms in total. The summed E-state index contributed by atoms with van der Waals surface area (Å²) in [5.41, 5.74) is 0.625. The van der Waals surface area contributed by atoms with E-state index in [9.17, 15) is 23.4 Å². The Kier molecular flexibility index (Phi) is 9.57. The molecule has 12 atom stereocenters. The first-order valence-electron chi connectivity index (χ1n) is 15.8. The molecule has 6 heteroatoms. The molecule has 2 N–H and O–H groups in total. The molecule has 38 heavy (non-hydrogen) atoms. The molecule has 0 aromatic carbocycles. The lowest BCUT2D eigenvalue weighted by Crippen LogP contribution is -2.54. The fraction of sp³-hybridized carbons (Fsp3) is 1.00. The quantitative estimate of drug-likeness (QED) is 0.214. The molecule has 0 saturated heterocycles. The van der Waals surface area contributed by atoms with Gasteiger partial charge >= 0.3 is 6.18 Å². The third-order valence-electron chi connectivity index (χ3n) is 12.3. The van der Waals surface area contributed by atoms with Crippen molar-refractivity contribution in [2.45, 2.75) is 149 Å². The number of hydrogen-bond donors (Lipinski definition) is 2. The number of aliphatic hydroxyl groups excluding tert-OH is 2. The largest absolute Gasteiger partial charge is 0.439 e. The van der Waals surface area contributed by atoms with Gasteiger partial charge in [0.15, 0.2) is 0 Å². The van der Waals surface area contributed by atoms with Gasteiger partial charge in [0.2, 0.25) is 0 Å². The summed E-state index contributed by atoms with van der Waals surface area (Å²) in [5, 5.41) is 19.1. The van der Waals surface area contributed by atoms with Crippen LogP contribution in [0.5, 0.6) is 0 Å². The van der Waals surface area contributed by atoms with Gasteiger partial charge in [0, 0.05) is 0 Å². The maximum atomic E-state index is 12.9. The zero-order valence-corrected chi connectivity index (χ0v) is 24.6. The third kappa shape index (κ3) is 6.27. The lowest BCUT2D eigenvalue weighted by molar-refractivity contribution is -0.311. The first-order chi connectivity index (χ1) is 17.8. The van der Waals surface area contributed by atoms with Gasteiger partial charge in [-0.1, -0.05) is 53.4 Å². The zero-order valence-electron chi connectivity index (χ0n) is 24.6. The van der Waals surface area contributed by atoms with E-state index in [0.717, 1.165) is 42.9 Å². The third-order valence-corrected chi connectivity index (χ3v) is 12.3. The second-order valence-electron chi connectivity index (χ2n) is 14.8. The van der Waals surface area contributed by atoms with Crippen molar-refractivity contribution in [3.05, 3.63) is 0 Å². The van der Waals surface area contributed by atoms with Crippen LogP contribution in [-0.2, 0) is 4.74 Å². The molecule has 4 saturated carbocycles. The molecule has 0 aromatic rings. The Hall–Kier alpha value is -0.330. The molecule has 0 aromatic heterocycles. The summed E-state index contributed by atoms with van der Waals surface area (Å²) in [6.45, 7) is 11.7. The lowest BCUT2D eigenvalue weighted by atomic mass is 9.44. The average Bonchev–Trinajstić information content (AvgIpc) is 3.18. The molecule has 0 radical (unpaired) electrons. The average molecular weight is 545 g/mol. The normalized spacial score (nSPS) is 42.5. The van der Waals surface area contributed by atoms with Gasteiger partial charge in [-0.15, -0.1) is 0 Å². The van der Waals surface area contributed by atoms with E-state index in [-0.39, 0.29) is 11.5 Å². The summed E-state index contributed by atoms with van der Waals surface area (Å²) in [6.07, 6.45) is 7.72. The summed E-state index contributed by atoms with van der Waals surface area (Å²) < 4.78 is 43.7. The van der Waals surface area contributed by atoms with Crippen molar-refractivity contribution < 1.29 is 28.1 Å². The van der Waals surface area contributed by atoms with Gasteiger partial charge in [-0.25, -0.2) is 0 Å². The van der Waals surface area contributed by atoms with Crippen molar-refractivity contribution in [2.75, 3.05) is 0 Å². The summed E-state index contributed by atoms with van der Waals surface area (Å²) in [6, 6.07) is 0. The van der Waals surface area contributed by atoms with Crippen LogP contribution in [0.15, 0.2) is 0 Å². The number of fused-ring (bicyclic) bond motifs is 5.